The van der Waals surface area contributed by atoms with Crippen LogP contribution in [0.5, 0.6) is 0 Å². The molecule has 104 valence electrons. The third-order valence-corrected chi connectivity index (χ3v) is 2.94. The number of aryl methyl sites for hydroxylation is 1. The monoisotopic (exact) mass is 278 g/mol. The van der Waals surface area contributed by atoms with Gasteiger partial charge in [-0.15, -0.1) is 0 Å². The molecule has 0 aliphatic carbocycles. The van der Waals surface area contributed by atoms with Crippen LogP contribution in [0, 0.1) is 6.92 Å². The van der Waals surface area contributed by atoms with Crippen LogP contribution in [-0.4, -0.2) is 24.9 Å². The van der Waals surface area contributed by atoms with E-state index in [1.165, 1.54) is 0 Å². The average molecular weight is 278 g/mol. The second-order valence-electron chi connectivity index (χ2n) is 4.54. The van der Waals surface area contributed by atoms with Crippen molar-refractivity contribution in [3.8, 4) is 0 Å². The molecule has 6 heteroatoms. The molecule has 0 aliphatic rings. The van der Waals surface area contributed by atoms with Gasteiger partial charge in [-0.1, -0.05) is 6.07 Å². The smallest absolute Gasteiger partial charge is 0.153 e. The largest absolute Gasteiger partial charge is 0.302 e. The highest BCUT2D eigenvalue weighted by molar-refractivity contribution is 5.53. The molecule has 6 nitrogen and oxygen atoms in total. The molecular weight excluding hydrogens is 264 g/mol. The minimum Gasteiger partial charge on any atom is -0.302 e. The van der Waals surface area contributed by atoms with Gasteiger partial charge in [0.05, 0.1) is 24.6 Å². The van der Waals surface area contributed by atoms with E-state index >= 15 is 0 Å². The maximum atomic E-state index is 4.43. The molecule has 3 aromatic rings. The van der Waals surface area contributed by atoms with Crippen LogP contribution >= 0.6 is 0 Å². The summed E-state index contributed by atoms with van der Waals surface area (Å²) in [5, 5.41) is 0. The van der Waals surface area contributed by atoms with E-state index < -0.39 is 0 Å². The highest BCUT2D eigenvalue weighted by atomic mass is 15.2. The Morgan fingerprint density at radius 3 is 1.95 bits per heavy atom. The molecule has 0 saturated carbocycles. The SMILES string of the molecule is Cc1ccc(CN(c2cnccn2)c2cnccn2)nc1. The van der Waals surface area contributed by atoms with Crippen molar-refractivity contribution in [1.29, 1.82) is 0 Å². The number of hydrogen-bond acceptors (Lipinski definition) is 6. The van der Waals surface area contributed by atoms with Crippen molar-refractivity contribution in [3.63, 3.8) is 0 Å². The van der Waals surface area contributed by atoms with Gasteiger partial charge in [0.2, 0.25) is 0 Å². The Morgan fingerprint density at radius 2 is 1.48 bits per heavy atom. The standard InChI is InChI=1S/C15H14N6/c1-12-2-3-13(20-8-12)11-21(14-9-16-4-6-18-14)15-10-17-5-7-19-15/h2-10H,11H2,1H3. The normalized spacial score (nSPS) is 10.3. The summed E-state index contributed by atoms with van der Waals surface area (Å²) in [6.45, 7) is 2.57. The lowest BCUT2D eigenvalue weighted by atomic mass is 10.2. The van der Waals surface area contributed by atoms with Gasteiger partial charge < -0.3 is 4.90 Å². The van der Waals surface area contributed by atoms with E-state index in [0.29, 0.717) is 18.2 Å². The molecule has 0 fully saturated rings. The molecule has 0 N–H and O–H groups in total. The van der Waals surface area contributed by atoms with E-state index in [0.717, 1.165) is 11.3 Å². The lowest BCUT2D eigenvalue weighted by Crippen LogP contribution is -2.19. The van der Waals surface area contributed by atoms with E-state index in [-0.39, 0.29) is 0 Å². The molecule has 3 heterocycles. The summed E-state index contributed by atoms with van der Waals surface area (Å²) in [4.78, 5) is 23.3. The van der Waals surface area contributed by atoms with E-state index in [4.69, 9.17) is 0 Å². The molecule has 0 unspecified atom stereocenters. The lowest BCUT2D eigenvalue weighted by molar-refractivity contribution is 0.875. The third kappa shape index (κ3) is 3.17. The molecule has 0 aromatic carbocycles. The zero-order chi connectivity index (χ0) is 14.5. The Kier molecular flexibility index (Phi) is 3.77. The first kappa shape index (κ1) is 13.1. The van der Waals surface area contributed by atoms with Crippen LogP contribution in [0.15, 0.2) is 55.5 Å². The molecular formula is C15H14N6. The summed E-state index contributed by atoms with van der Waals surface area (Å²) >= 11 is 0. The van der Waals surface area contributed by atoms with Crippen molar-refractivity contribution in [3.05, 3.63) is 66.8 Å². The fraction of sp³-hybridized carbons (Fsp3) is 0.133. The van der Waals surface area contributed by atoms with Gasteiger partial charge in [0.15, 0.2) is 11.6 Å². The first-order valence-corrected chi connectivity index (χ1v) is 6.54. The van der Waals surface area contributed by atoms with Crippen molar-refractivity contribution in [2.45, 2.75) is 13.5 Å². The first-order chi connectivity index (χ1) is 10.3. The summed E-state index contributed by atoms with van der Waals surface area (Å²) in [7, 11) is 0. The first-order valence-electron chi connectivity index (χ1n) is 6.54. The molecule has 0 amide bonds. The van der Waals surface area contributed by atoms with E-state index in [2.05, 4.69) is 24.9 Å². The Bertz CT molecular complexity index is 645. The summed E-state index contributed by atoms with van der Waals surface area (Å²) in [5.41, 5.74) is 2.06. The van der Waals surface area contributed by atoms with Crippen molar-refractivity contribution < 1.29 is 0 Å². The summed E-state index contributed by atoms with van der Waals surface area (Å²) in [6, 6.07) is 4.03. The van der Waals surface area contributed by atoms with Crippen LogP contribution in [0.2, 0.25) is 0 Å². The molecule has 0 radical (unpaired) electrons. The highest BCUT2D eigenvalue weighted by Gasteiger charge is 2.13. The maximum absolute atomic E-state index is 4.43. The Hall–Kier alpha value is -2.89. The number of hydrogen-bond donors (Lipinski definition) is 0. The quantitative estimate of drug-likeness (QED) is 0.729. The van der Waals surface area contributed by atoms with E-state index in [1.807, 2.05) is 30.2 Å². The van der Waals surface area contributed by atoms with Gasteiger partial charge in [0, 0.05) is 31.0 Å². The summed E-state index contributed by atoms with van der Waals surface area (Å²) in [6.07, 6.45) is 11.8. The maximum Gasteiger partial charge on any atom is 0.153 e. The van der Waals surface area contributed by atoms with Gasteiger partial charge in [0.1, 0.15) is 0 Å². The zero-order valence-electron chi connectivity index (χ0n) is 11.6. The minimum atomic E-state index is 0.553. The number of pyridine rings is 1. The Labute approximate surface area is 122 Å². The molecule has 3 rings (SSSR count). The lowest BCUT2D eigenvalue weighted by Gasteiger charge is -2.21. The van der Waals surface area contributed by atoms with Crippen LogP contribution in [0.1, 0.15) is 11.3 Å². The van der Waals surface area contributed by atoms with Gasteiger partial charge in [0.25, 0.3) is 0 Å². The molecule has 0 bridgehead atoms. The average Bonchev–Trinajstić information content (AvgIpc) is 2.56. The molecule has 0 saturated heterocycles. The predicted octanol–water partition coefficient (Wildman–Crippen LogP) is 2.31. The van der Waals surface area contributed by atoms with E-state index in [9.17, 15) is 0 Å². The number of aromatic nitrogens is 5. The van der Waals surface area contributed by atoms with Crippen molar-refractivity contribution >= 4 is 11.6 Å². The fourth-order valence-corrected chi connectivity index (χ4v) is 1.89. The zero-order valence-corrected chi connectivity index (χ0v) is 11.6. The molecule has 0 spiro atoms. The molecule has 21 heavy (non-hydrogen) atoms. The molecule has 0 atom stereocenters. The van der Waals surface area contributed by atoms with Crippen molar-refractivity contribution in [2.75, 3.05) is 4.90 Å². The minimum absolute atomic E-state index is 0.553. The number of nitrogens with zero attached hydrogens (tertiary/aromatic N) is 6. The van der Waals surface area contributed by atoms with Crippen LogP contribution in [-0.2, 0) is 6.54 Å². The van der Waals surface area contributed by atoms with Gasteiger partial charge in [-0.2, -0.15) is 0 Å². The van der Waals surface area contributed by atoms with Crippen LogP contribution in [0.3, 0.4) is 0 Å². The van der Waals surface area contributed by atoms with Gasteiger partial charge >= 0.3 is 0 Å². The van der Waals surface area contributed by atoms with Crippen LogP contribution in [0.4, 0.5) is 11.6 Å². The summed E-state index contributed by atoms with van der Waals surface area (Å²) in [5.74, 6) is 1.42. The van der Waals surface area contributed by atoms with Crippen LogP contribution < -0.4 is 4.90 Å². The third-order valence-electron chi connectivity index (χ3n) is 2.94. The van der Waals surface area contributed by atoms with Crippen molar-refractivity contribution in [2.24, 2.45) is 0 Å². The number of rotatable bonds is 4. The second kappa shape index (κ2) is 6.04. The Balaban J connectivity index is 1.95. The number of anilines is 2. The predicted molar refractivity (Wildman–Crippen MR) is 78.9 cm³/mol. The Morgan fingerprint density at radius 1 is 0.810 bits per heavy atom. The highest BCUT2D eigenvalue weighted by Crippen LogP contribution is 2.21. The second-order valence-corrected chi connectivity index (χ2v) is 4.54. The topological polar surface area (TPSA) is 67.7 Å². The van der Waals surface area contributed by atoms with Crippen molar-refractivity contribution in [1.82, 2.24) is 24.9 Å². The van der Waals surface area contributed by atoms with Crippen LogP contribution in [0.25, 0.3) is 0 Å². The molecule has 0 aliphatic heterocycles. The van der Waals surface area contributed by atoms with Gasteiger partial charge in [-0.3, -0.25) is 15.0 Å². The summed E-state index contributed by atoms with van der Waals surface area (Å²) < 4.78 is 0. The molecule has 3 aromatic heterocycles. The van der Waals surface area contributed by atoms with Gasteiger partial charge in [-0.25, -0.2) is 9.97 Å². The van der Waals surface area contributed by atoms with Gasteiger partial charge in [-0.05, 0) is 18.6 Å². The van der Waals surface area contributed by atoms with E-state index in [1.54, 1.807) is 37.2 Å². The fourth-order valence-electron chi connectivity index (χ4n) is 1.89.